The van der Waals surface area contributed by atoms with E-state index in [2.05, 4.69) is 11.8 Å². The number of hydrogen-bond donors (Lipinski definition) is 0. The molecule has 2 rings (SSSR count). The van der Waals surface area contributed by atoms with Gasteiger partial charge in [0.25, 0.3) is 0 Å². The lowest BCUT2D eigenvalue weighted by Crippen LogP contribution is -2.52. The number of piperidine rings is 1. The fraction of sp³-hybridized carbons (Fsp3) is 0.929. The van der Waals surface area contributed by atoms with Gasteiger partial charge in [-0.2, -0.15) is 0 Å². The van der Waals surface area contributed by atoms with E-state index in [0.29, 0.717) is 23.7 Å². The maximum atomic E-state index is 11.6. The monoisotopic (exact) mass is 239 g/mol. The standard InChI is InChI=1S/C14H25NO2/c1-3-6-15-9-11(10-17-2)7-12-8-13(16)4-5-14(12)15/h11-12,14H,3-10H2,1-2H3/t11-,12+,14+/m1/s1. The lowest BCUT2D eigenvalue weighted by molar-refractivity contribution is -0.125. The van der Waals surface area contributed by atoms with Crippen LogP contribution in [0, 0.1) is 11.8 Å². The van der Waals surface area contributed by atoms with E-state index in [4.69, 9.17) is 4.74 Å². The van der Waals surface area contributed by atoms with Gasteiger partial charge in [0.15, 0.2) is 0 Å². The lowest BCUT2D eigenvalue weighted by Gasteiger charge is -2.46. The Morgan fingerprint density at radius 2 is 2.29 bits per heavy atom. The summed E-state index contributed by atoms with van der Waals surface area (Å²) in [4.78, 5) is 14.2. The molecule has 0 bridgehead atoms. The molecule has 0 spiro atoms. The molecule has 0 N–H and O–H groups in total. The Morgan fingerprint density at radius 3 is 3.00 bits per heavy atom. The second kappa shape index (κ2) is 5.96. The van der Waals surface area contributed by atoms with Crippen molar-refractivity contribution in [2.24, 2.45) is 11.8 Å². The van der Waals surface area contributed by atoms with Crippen LogP contribution in [0.3, 0.4) is 0 Å². The van der Waals surface area contributed by atoms with Crippen molar-refractivity contribution >= 4 is 5.78 Å². The number of carbonyl (C=O) groups excluding carboxylic acids is 1. The SMILES string of the molecule is CCCN1C[C@H](COC)C[C@H]2CC(=O)CC[C@@H]21. The van der Waals surface area contributed by atoms with Crippen molar-refractivity contribution < 1.29 is 9.53 Å². The molecule has 1 aliphatic carbocycles. The largest absolute Gasteiger partial charge is 0.384 e. The maximum absolute atomic E-state index is 11.6. The third-order valence-electron chi connectivity index (χ3n) is 4.26. The zero-order valence-corrected chi connectivity index (χ0v) is 11.2. The highest BCUT2D eigenvalue weighted by Gasteiger charge is 2.38. The van der Waals surface area contributed by atoms with E-state index in [-0.39, 0.29) is 0 Å². The second-order valence-electron chi connectivity index (χ2n) is 5.66. The molecular weight excluding hydrogens is 214 g/mol. The van der Waals surface area contributed by atoms with Gasteiger partial charge in [-0.1, -0.05) is 6.92 Å². The highest BCUT2D eigenvalue weighted by Crippen LogP contribution is 2.36. The molecule has 1 saturated carbocycles. The van der Waals surface area contributed by atoms with Crippen LogP contribution in [0.1, 0.15) is 39.0 Å². The summed E-state index contributed by atoms with van der Waals surface area (Å²) in [7, 11) is 1.78. The Labute approximate surface area is 105 Å². The van der Waals surface area contributed by atoms with Crippen molar-refractivity contribution in [1.82, 2.24) is 4.90 Å². The molecule has 0 radical (unpaired) electrons. The van der Waals surface area contributed by atoms with Crippen LogP contribution >= 0.6 is 0 Å². The first kappa shape index (κ1) is 13.0. The molecule has 0 aromatic carbocycles. The van der Waals surface area contributed by atoms with Crippen LogP contribution in [0.15, 0.2) is 0 Å². The number of hydrogen-bond acceptors (Lipinski definition) is 3. The molecule has 1 heterocycles. The van der Waals surface area contributed by atoms with Gasteiger partial charge < -0.3 is 4.74 Å². The number of nitrogens with zero attached hydrogens (tertiary/aromatic N) is 1. The normalized spacial score (nSPS) is 34.7. The molecule has 1 saturated heterocycles. The van der Waals surface area contributed by atoms with Crippen LogP contribution in [0.2, 0.25) is 0 Å². The fourth-order valence-corrected chi connectivity index (χ4v) is 3.67. The summed E-state index contributed by atoms with van der Waals surface area (Å²) in [6, 6.07) is 0.667. The van der Waals surface area contributed by atoms with Crippen LogP contribution in [0.5, 0.6) is 0 Å². The van der Waals surface area contributed by atoms with Crippen molar-refractivity contribution in [1.29, 1.82) is 0 Å². The molecule has 3 heteroatoms. The molecule has 17 heavy (non-hydrogen) atoms. The number of ketones is 1. The Hall–Kier alpha value is -0.410. The van der Waals surface area contributed by atoms with Crippen LogP contribution < -0.4 is 0 Å². The molecular formula is C14H25NO2. The zero-order chi connectivity index (χ0) is 12.3. The lowest BCUT2D eigenvalue weighted by atomic mass is 9.74. The number of methoxy groups -OCH3 is 1. The van der Waals surface area contributed by atoms with Gasteiger partial charge in [0.05, 0.1) is 6.61 Å². The van der Waals surface area contributed by atoms with Gasteiger partial charge >= 0.3 is 0 Å². The number of ether oxygens (including phenoxy) is 1. The summed E-state index contributed by atoms with van der Waals surface area (Å²) in [5.41, 5.74) is 0. The van der Waals surface area contributed by atoms with Crippen LogP contribution in [0.4, 0.5) is 0 Å². The van der Waals surface area contributed by atoms with Gasteiger partial charge in [-0.15, -0.1) is 0 Å². The molecule has 3 atom stereocenters. The molecule has 2 aliphatic rings. The minimum Gasteiger partial charge on any atom is -0.384 e. The Balaban J connectivity index is 2.02. The average molecular weight is 239 g/mol. The van der Waals surface area contributed by atoms with Crippen molar-refractivity contribution in [3.8, 4) is 0 Å². The van der Waals surface area contributed by atoms with Gasteiger partial charge in [-0.25, -0.2) is 0 Å². The topological polar surface area (TPSA) is 29.5 Å². The highest BCUT2D eigenvalue weighted by atomic mass is 16.5. The minimum atomic E-state index is 0.473. The molecule has 0 aromatic rings. The summed E-state index contributed by atoms with van der Waals surface area (Å²) in [5, 5.41) is 0. The molecule has 0 amide bonds. The van der Waals surface area contributed by atoms with Crippen LogP contribution in [-0.4, -0.2) is 43.5 Å². The smallest absolute Gasteiger partial charge is 0.133 e. The predicted octanol–water partition coefficient (Wildman–Crippen LogP) is 2.10. The van der Waals surface area contributed by atoms with Crippen molar-refractivity contribution in [3.05, 3.63) is 0 Å². The van der Waals surface area contributed by atoms with E-state index in [1.807, 2.05) is 0 Å². The summed E-state index contributed by atoms with van der Waals surface area (Å²) >= 11 is 0. The van der Waals surface area contributed by atoms with E-state index in [9.17, 15) is 4.79 Å². The summed E-state index contributed by atoms with van der Waals surface area (Å²) in [6.45, 7) is 5.42. The quantitative estimate of drug-likeness (QED) is 0.752. The van der Waals surface area contributed by atoms with Gasteiger partial charge in [0, 0.05) is 32.5 Å². The number of fused-ring (bicyclic) bond motifs is 1. The van der Waals surface area contributed by atoms with E-state index in [1.165, 1.54) is 19.4 Å². The number of carbonyl (C=O) groups is 1. The second-order valence-corrected chi connectivity index (χ2v) is 5.66. The molecule has 0 unspecified atom stereocenters. The molecule has 0 aromatic heterocycles. The maximum Gasteiger partial charge on any atom is 0.133 e. The first-order valence-electron chi connectivity index (χ1n) is 6.99. The van der Waals surface area contributed by atoms with Gasteiger partial charge in [0.2, 0.25) is 0 Å². The van der Waals surface area contributed by atoms with Gasteiger partial charge in [0.1, 0.15) is 5.78 Å². The third-order valence-corrected chi connectivity index (χ3v) is 4.26. The molecule has 3 nitrogen and oxygen atoms in total. The first-order valence-corrected chi connectivity index (χ1v) is 6.99. The van der Waals surface area contributed by atoms with Crippen molar-refractivity contribution in [3.63, 3.8) is 0 Å². The highest BCUT2D eigenvalue weighted by molar-refractivity contribution is 5.79. The van der Waals surface area contributed by atoms with Gasteiger partial charge in [-0.3, -0.25) is 9.69 Å². The van der Waals surface area contributed by atoms with E-state index in [0.717, 1.165) is 32.4 Å². The first-order chi connectivity index (χ1) is 8.24. The summed E-state index contributed by atoms with van der Waals surface area (Å²) in [6.07, 6.45) is 5.09. The number of Topliss-reactive ketones (excluding diaryl/α,β-unsaturated/α-hetero) is 1. The molecule has 2 fully saturated rings. The Kier molecular flexibility index (Phi) is 4.57. The van der Waals surface area contributed by atoms with E-state index in [1.54, 1.807) is 7.11 Å². The fourth-order valence-electron chi connectivity index (χ4n) is 3.67. The minimum absolute atomic E-state index is 0.473. The average Bonchev–Trinajstić information content (AvgIpc) is 2.29. The molecule has 98 valence electrons. The Morgan fingerprint density at radius 1 is 1.47 bits per heavy atom. The van der Waals surface area contributed by atoms with Gasteiger partial charge in [-0.05, 0) is 37.6 Å². The zero-order valence-electron chi connectivity index (χ0n) is 11.2. The van der Waals surface area contributed by atoms with Crippen molar-refractivity contribution in [2.75, 3.05) is 26.8 Å². The van der Waals surface area contributed by atoms with Crippen LogP contribution in [0.25, 0.3) is 0 Å². The summed E-state index contributed by atoms with van der Waals surface area (Å²) < 4.78 is 5.30. The van der Waals surface area contributed by atoms with Crippen molar-refractivity contribution in [2.45, 2.75) is 45.1 Å². The summed E-state index contributed by atoms with van der Waals surface area (Å²) in [5.74, 6) is 1.69. The van der Waals surface area contributed by atoms with E-state index >= 15 is 0 Å². The predicted molar refractivity (Wildman–Crippen MR) is 68.0 cm³/mol. The Bertz CT molecular complexity index is 267. The molecule has 1 aliphatic heterocycles. The van der Waals surface area contributed by atoms with Crippen LogP contribution in [-0.2, 0) is 9.53 Å². The van der Waals surface area contributed by atoms with E-state index < -0.39 is 0 Å². The number of likely N-dealkylation sites (tertiary alicyclic amines) is 1. The third kappa shape index (κ3) is 3.08. The number of rotatable bonds is 4.